The molecule has 0 fully saturated rings. The number of hydrogen-bond donors (Lipinski definition) is 1. The topological polar surface area (TPSA) is 126 Å². The first-order valence-corrected chi connectivity index (χ1v) is 17.8. The van der Waals surface area contributed by atoms with Gasteiger partial charge < -0.3 is 18.9 Å². The molecular formula is C34H60ClFN2O8. The number of nitrogens with zero attached hydrogens (tertiary/aromatic N) is 1. The third-order valence-electron chi connectivity index (χ3n) is 7.25. The zero-order chi connectivity index (χ0) is 34.1. The summed E-state index contributed by atoms with van der Waals surface area (Å²) in [5.74, 6) is -1.38. The van der Waals surface area contributed by atoms with E-state index < -0.39 is 17.1 Å². The highest BCUT2D eigenvalue weighted by atomic mass is 35.5. The molecule has 1 N–H and O–H groups in total. The molecule has 1 rings (SSSR count). The van der Waals surface area contributed by atoms with Crippen molar-refractivity contribution in [2.45, 2.75) is 149 Å². The van der Waals surface area contributed by atoms with Gasteiger partial charge in [-0.3, -0.25) is 23.9 Å². The van der Waals surface area contributed by atoms with Crippen LogP contribution in [0.15, 0.2) is 15.8 Å². The van der Waals surface area contributed by atoms with Gasteiger partial charge in [-0.2, -0.15) is 4.39 Å². The maximum absolute atomic E-state index is 13.1. The van der Waals surface area contributed by atoms with Crippen LogP contribution in [0.1, 0.15) is 142 Å². The fourth-order valence-corrected chi connectivity index (χ4v) is 4.78. The largest absolute Gasteiger partial charge is 0.466 e. The number of esters is 2. The summed E-state index contributed by atoms with van der Waals surface area (Å²) in [5, 5.41) is 0. The van der Waals surface area contributed by atoms with Crippen molar-refractivity contribution in [3.63, 3.8) is 0 Å². The Labute approximate surface area is 280 Å². The van der Waals surface area contributed by atoms with E-state index in [1.54, 1.807) is 0 Å². The van der Waals surface area contributed by atoms with Crippen LogP contribution in [0, 0.1) is 5.82 Å². The molecule has 0 aliphatic carbocycles. The highest BCUT2D eigenvalue weighted by molar-refractivity contribution is 6.17. The van der Waals surface area contributed by atoms with Crippen molar-refractivity contribution in [3.8, 4) is 0 Å². The molecule has 268 valence electrons. The van der Waals surface area contributed by atoms with Crippen LogP contribution in [-0.4, -0.2) is 54.0 Å². The lowest BCUT2D eigenvalue weighted by molar-refractivity contribution is -0.142. The van der Waals surface area contributed by atoms with Crippen molar-refractivity contribution >= 4 is 23.5 Å². The Bertz CT molecular complexity index is 989. The second kappa shape index (κ2) is 32.7. The summed E-state index contributed by atoms with van der Waals surface area (Å²) in [6.07, 6.45) is 24.4. The molecule has 0 aliphatic heterocycles. The first-order chi connectivity index (χ1) is 22.3. The molecule has 1 aromatic heterocycles. The Hall–Kier alpha value is -2.24. The van der Waals surface area contributed by atoms with E-state index in [1.165, 1.54) is 97.3 Å². The zero-order valence-electron chi connectivity index (χ0n) is 28.4. The average Bonchev–Trinajstić information content (AvgIpc) is 3.01. The number of unbranched alkanes of at least 4 members (excludes halogenated alkanes) is 18. The molecule has 0 spiro atoms. The van der Waals surface area contributed by atoms with Gasteiger partial charge in [-0.05, 0) is 25.7 Å². The van der Waals surface area contributed by atoms with Gasteiger partial charge in [-0.15, -0.1) is 0 Å². The van der Waals surface area contributed by atoms with E-state index in [0.29, 0.717) is 25.9 Å². The van der Waals surface area contributed by atoms with E-state index in [1.807, 2.05) is 4.98 Å². The molecular weight excluding hydrogens is 619 g/mol. The van der Waals surface area contributed by atoms with Gasteiger partial charge in [0.05, 0.1) is 19.4 Å². The van der Waals surface area contributed by atoms with E-state index in [9.17, 15) is 23.6 Å². The Morgan fingerprint density at radius 3 is 1.35 bits per heavy atom. The van der Waals surface area contributed by atoms with Gasteiger partial charge in [0.1, 0.15) is 12.8 Å². The van der Waals surface area contributed by atoms with E-state index in [2.05, 4.69) is 0 Å². The molecule has 0 aromatic carbocycles. The van der Waals surface area contributed by atoms with Crippen LogP contribution in [0.4, 0.5) is 4.39 Å². The van der Waals surface area contributed by atoms with Gasteiger partial charge in [0.25, 0.3) is 5.56 Å². The van der Waals surface area contributed by atoms with Crippen molar-refractivity contribution in [1.29, 1.82) is 0 Å². The van der Waals surface area contributed by atoms with Crippen molar-refractivity contribution in [2.24, 2.45) is 0 Å². The Morgan fingerprint density at radius 1 is 0.630 bits per heavy atom. The number of H-pyrrole nitrogens is 1. The van der Waals surface area contributed by atoms with E-state index in [4.69, 9.17) is 30.5 Å². The van der Waals surface area contributed by atoms with Crippen LogP contribution in [0.3, 0.4) is 0 Å². The number of carbonyl (C=O) groups excluding carboxylic acids is 2. The first-order valence-electron chi connectivity index (χ1n) is 17.2. The number of rotatable bonds is 29. The number of alkyl halides is 1. The summed E-state index contributed by atoms with van der Waals surface area (Å²) in [7, 11) is 0. The number of carbonyl (C=O) groups is 2. The van der Waals surface area contributed by atoms with Gasteiger partial charge in [0.15, 0.2) is 0 Å². The molecule has 0 atom stereocenters. The molecule has 1 heterocycles. The summed E-state index contributed by atoms with van der Waals surface area (Å²) in [4.78, 5) is 45.3. The molecule has 0 aliphatic rings. The van der Waals surface area contributed by atoms with Crippen LogP contribution < -0.4 is 11.2 Å². The minimum atomic E-state index is -1.02. The summed E-state index contributed by atoms with van der Waals surface area (Å²) < 4.78 is 34.3. The van der Waals surface area contributed by atoms with Crippen molar-refractivity contribution < 1.29 is 32.9 Å². The highest BCUT2D eigenvalue weighted by Gasteiger charge is 2.03. The van der Waals surface area contributed by atoms with Gasteiger partial charge in [0.2, 0.25) is 5.82 Å². The lowest BCUT2D eigenvalue weighted by Crippen LogP contribution is -2.32. The Balaban J connectivity index is 0.000000939. The third kappa shape index (κ3) is 30.4. The number of nitrogens with one attached hydrogen (secondary N) is 1. The molecule has 12 heteroatoms. The van der Waals surface area contributed by atoms with Gasteiger partial charge in [-0.1, -0.05) is 114 Å². The van der Waals surface area contributed by atoms with Crippen molar-refractivity contribution in [1.82, 2.24) is 9.55 Å². The fraction of sp³-hybridized carbons (Fsp3) is 0.824. The number of halogens is 2. The fourth-order valence-electron chi connectivity index (χ4n) is 4.67. The van der Waals surface area contributed by atoms with Gasteiger partial charge in [-0.25, -0.2) is 4.79 Å². The smallest absolute Gasteiger partial charge is 0.330 e. The summed E-state index contributed by atoms with van der Waals surface area (Å²) in [6, 6.07) is 0.317. The molecule has 10 nitrogen and oxygen atoms in total. The van der Waals surface area contributed by atoms with Crippen LogP contribution in [0.2, 0.25) is 0 Å². The van der Waals surface area contributed by atoms with Crippen LogP contribution in [0.5, 0.6) is 0 Å². The third-order valence-corrected chi connectivity index (χ3v) is 7.41. The monoisotopic (exact) mass is 678 g/mol. The van der Waals surface area contributed by atoms with Crippen molar-refractivity contribution in [2.75, 3.05) is 32.5 Å². The van der Waals surface area contributed by atoms with Crippen LogP contribution in [-0.2, 0) is 35.3 Å². The maximum atomic E-state index is 13.1. The lowest BCUT2D eigenvalue weighted by atomic mass is 10.1. The minimum Gasteiger partial charge on any atom is -0.466 e. The molecule has 46 heavy (non-hydrogen) atoms. The molecule has 1 aromatic rings. The molecule has 0 saturated heterocycles. The summed E-state index contributed by atoms with van der Waals surface area (Å²) in [6.45, 7) is 5.23. The summed E-state index contributed by atoms with van der Waals surface area (Å²) in [5.41, 5.74) is -1.69. The van der Waals surface area contributed by atoms with E-state index in [0.717, 1.165) is 62.3 Å². The molecule has 0 amide bonds. The first kappa shape index (κ1) is 43.8. The standard InChI is InChI=1S/C19H31FN2O5.C15H29ClO3/c1-16(23)27-13-11-9-7-5-3-2-4-6-8-10-12-26-15-22-14-17(20)18(24)21-19(22)25;1-15(17)19-13-11-9-7-5-3-2-4-6-8-10-12-18-14-16/h14H,2-13,15H2,1H3,(H,21,24,25);2-14H2,1H3. The molecule has 0 saturated carbocycles. The van der Waals surface area contributed by atoms with Crippen LogP contribution >= 0.6 is 11.6 Å². The van der Waals surface area contributed by atoms with Crippen LogP contribution in [0.25, 0.3) is 0 Å². The number of aromatic amines is 1. The average molecular weight is 679 g/mol. The number of ether oxygens (including phenoxy) is 4. The SMILES string of the molecule is CC(=O)OCCCCCCCCCCCCOCCl.CC(=O)OCCCCCCCCCCCCOCn1cc(F)c(=O)[nH]c1=O. The quantitative estimate of drug-likeness (QED) is 0.0517. The second-order valence-corrected chi connectivity index (χ2v) is 11.7. The number of hydrogen-bond acceptors (Lipinski definition) is 8. The van der Waals surface area contributed by atoms with Crippen molar-refractivity contribution in [3.05, 3.63) is 32.9 Å². The van der Waals surface area contributed by atoms with Gasteiger partial charge >= 0.3 is 17.6 Å². The zero-order valence-corrected chi connectivity index (χ0v) is 29.2. The predicted octanol–water partition coefficient (Wildman–Crippen LogP) is 7.78. The highest BCUT2D eigenvalue weighted by Crippen LogP contribution is 2.12. The number of aromatic nitrogens is 2. The minimum absolute atomic E-state index is 0.0655. The second-order valence-electron chi connectivity index (χ2n) is 11.5. The van der Waals surface area contributed by atoms with E-state index >= 15 is 0 Å². The van der Waals surface area contributed by atoms with E-state index in [-0.39, 0.29) is 18.7 Å². The Morgan fingerprint density at radius 2 is 0.978 bits per heavy atom. The summed E-state index contributed by atoms with van der Waals surface area (Å²) >= 11 is 5.41. The van der Waals surface area contributed by atoms with Gasteiger partial charge in [0, 0.05) is 27.1 Å². The predicted molar refractivity (Wildman–Crippen MR) is 180 cm³/mol. The Kier molecular flexibility index (Phi) is 31.1. The molecule has 0 unspecified atom stereocenters. The normalized spacial score (nSPS) is 10.8. The maximum Gasteiger partial charge on any atom is 0.330 e. The molecule has 0 bridgehead atoms. The molecule has 0 radical (unpaired) electrons. The lowest BCUT2D eigenvalue weighted by Gasteiger charge is -2.07.